The molecule has 5 heteroatoms. The summed E-state index contributed by atoms with van der Waals surface area (Å²) in [6, 6.07) is 7.57. The number of rotatable bonds is 5. The molecule has 0 N–H and O–H groups in total. The third kappa shape index (κ3) is 3.38. The quantitative estimate of drug-likeness (QED) is 0.785. The standard InChI is InChI=1S/C15H14ClNO2S/c16-13-4-2-1-3-12(13)15-17-11(9-20-15)7-14(18)19-8-10-5-6-10/h1-4,9-10H,5-8H2. The van der Waals surface area contributed by atoms with Gasteiger partial charge >= 0.3 is 5.97 Å². The Hall–Kier alpha value is -1.39. The Labute approximate surface area is 126 Å². The van der Waals surface area contributed by atoms with E-state index in [0.717, 1.165) is 16.3 Å². The van der Waals surface area contributed by atoms with Gasteiger partial charge in [0.1, 0.15) is 5.01 Å². The third-order valence-corrected chi connectivity index (χ3v) is 4.41. The van der Waals surface area contributed by atoms with Crippen molar-refractivity contribution in [1.82, 2.24) is 4.98 Å². The molecular formula is C15H14ClNO2S. The number of halogens is 1. The first-order valence-corrected chi connectivity index (χ1v) is 7.83. The monoisotopic (exact) mass is 307 g/mol. The fourth-order valence-electron chi connectivity index (χ4n) is 1.84. The van der Waals surface area contributed by atoms with E-state index in [1.807, 2.05) is 29.6 Å². The van der Waals surface area contributed by atoms with E-state index in [9.17, 15) is 4.79 Å². The van der Waals surface area contributed by atoms with Crippen LogP contribution in [0.2, 0.25) is 5.02 Å². The summed E-state index contributed by atoms with van der Waals surface area (Å²) in [4.78, 5) is 16.1. The summed E-state index contributed by atoms with van der Waals surface area (Å²) in [5, 5.41) is 3.39. The average molecular weight is 308 g/mol. The first-order valence-electron chi connectivity index (χ1n) is 6.57. The molecule has 0 atom stereocenters. The maximum Gasteiger partial charge on any atom is 0.311 e. The zero-order valence-electron chi connectivity index (χ0n) is 10.8. The molecule has 1 aromatic heterocycles. The van der Waals surface area contributed by atoms with Crippen molar-refractivity contribution in [3.63, 3.8) is 0 Å². The minimum atomic E-state index is -0.201. The van der Waals surface area contributed by atoms with Crippen LogP contribution in [-0.2, 0) is 16.0 Å². The summed E-state index contributed by atoms with van der Waals surface area (Å²) in [5.74, 6) is 0.390. The van der Waals surface area contributed by atoms with Crippen LogP contribution in [-0.4, -0.2) is 17.6 Å². The van der Waals surface area contributed by atoms with Gasteiger partial charge in [0.15, 0.2) is 0 Å². The van der Waals surface area contributed by atoms with Gasteiger partial charge in [-0.25, -0.2) is 4.98 Å². The van der Waals surface area contributed by atoms with Gasteiger partial charge in [0, 0.05) is 10.9 Å². The van der Waals surface area contributed by atoms with E-state index in [1.54, 1.807) is 0 Å². The van der Waals surface area contributed by atoms with Crippen LogP contribution in [0.4, 0.5) is 0 Å². The Morgan fingerprint density at radius 1 is 1.40 bits per heavy atom. The first-order chi connectivity index (χ1) is 9.72. The van der Waals surface area contributed by atoms with Gasteiger partial charge in [0.2, 0.25) is 0 Å². The van der Waals surface area contributed by atoms with Crippen LogP contribution in [0.15, 0.2) is 29.6 Å². The van der Waals surface area contributed by atoms with Gasteiger partial charge in [0.05, 0.1) is 23.7 Å². The number of benzene rings is 1. The lowest BCUT2D eigenvalue weighted by Crippen LogP contribution is -2.10. The summed E-state index contributed by atoms with van der Waals surface area (Å²) < 4.78 is 5.21. The highest BCUT2D eigenvalue weighted by Crippen LogP contribution is 2.31. The van der Waals surface area contributed by atoms with Crippen molar-refractivity contribution < 1.29 is 9.53 Å². The topological polar surface area (TPSA) is 39.2 Å². The summed E-state index contributed by atoms with van der Waals surface area (Å²) in [6.07, 6.45) is 2.59. The lowest BCUT2D eigenvalue weighted by atomic mass is 10.2. The normalized spacial score (nSPS) is 14.2. The molecule has 2 aromatic rings. The largest absolute Gasteiger partial charge is 0.465 e. The summed E-state index contributed by atoms with van der Waals surface area (Å²) in [7, 11) is 0. The number of aromatic nitrogens is 1. The SMILES string of the molecule is O=C(Cc1csc(-c2ccccc2Cl)n1)OCC1CC1. The first kappa shape index (κ1) is 13.6. The predicted octanol–water partition coefficient (Wildman–Crippen LogP) is 3.96. The maximum absolute atomic E-state index is 11.7. The van der Waals surface area contributed by atoms with Crippen LogP contribution in [0.5, 0.6) is 0 Å². The van der Waals surface area contributed by atoms with Gasteiger partial charge in [-0.05, 0) is 24.8 Å². The molecule has 0 aliphatic heterocycles. The second-order valence-corrected chi connectivity index (χ2v) is 6.19. The van der Waals surface area contributed by atoms with Gasteiger partial charge in [0.25, 0.3) is 0 Å². The Balaban J connectivity index is 1.64. The van der Waals surface area contributed by atoms with Crippen molar-refractivity contribution in [2.45, 2.75) is 19.3 Å². The highest BCUT2D eigenvalue weighted by molar-refractivity contribution is 7.13. The van der Waals surface area contributed by atoms with Crippen LogP contribution in [0, 0.1) is 5.92 Å². The molecule has 1 saturated carbocycles. The smallest absolute Gasteiger partial charge is 0.311 e. The van der Waals surface area contributed by atoms with Crippen LogP contribution in [0.1, 0.15) is 18.5 Å². The molecule has 1 fully saturated rings. The molecule has 104 valence electrons. The lowest BCUT2D eigenvalue weighted by molar-refractivity contribution is -0.143. The highest BCUT2D eigenvalue weighted by atomic mass is 35.5. The number of hydrogen-bond donors (Lipinski definition) is 0. The maximum atomic E-state index is 11.7. The molecule has 0 amide bonds. The molecule has 3 nitrogen and oxygen atoms in total. The van der Waals surface area contributed by atoms with Crippen molar-refractivity contribution >= 4 is 28.9 Å². The van der Waals surface area contributed by atoms with Gasteiger partial charge < -0.3 is 4.74 Å². The molecule has 0 radical (unpaired) electrons. The van der Waals surface area contributed by atoms with E-state index in [-0.39, 0.29) is 12.4 Å². The number of carbonyl (C=O) groups is 1. The number of ether oxygens (including phenoxy) is 1. The van der Waals surface area contributed by atoms with Gasteiger partial charge in [-0.1, -0.05) is 29.8 Å². The van der Waals surface area contributed by atoms with Gasteiger partial charge in [-0.15, -0.1) is 11.3 Å². The van der Waals surface area contributed by atoms with Crippen LogP contribution >= 0.6 is 22.9 Å². The molecular weight excluding hydrogens is 294 g/mol. The van der Waals surface area contributed by atoms with Crippen molar-refractivity contribution in [2.75, 3.05) is 6.61 Å². The van der Waals surface area contributed by atoms with Gasteiger partial charge in [-0.2, -0.15) is 0 Å². The number of carbonyl (C=O) groups excluding carboxylic acids is 1. The van der Waals surface area contributed by atoms with E-state index in [2.05, 4.69) is 4.98 Å². The molecule has 0 saturated heterocycles. The molecule has 1 aromatic carbocycles. The molecule has 3 rings (SSSR count). The minimum absolute atomic E-state index is 0.201. The second-order valence-electron chi connectivity index (χ2n) is 4.93. The number of nitrogens with zero attached hydrogens (tertiary/aromatic N) is 1. The van der Waals surface area contributed by atoms with E-state index < -0.39 is 0 Å². The molecule has 1 aliphatic carbocycles. The van der Waals surface area contributed by atoms with Crippen molar-refractivity contribution in [1.29, 1.82) is 0 Å². The Bertz CT molecular complexity index is 622. The lowest BCUT2D eigenvalue weighted by Gasteiger charge is -2.01. The molecule has 0 unspecified atom stereocenters. The van der Waals surface area contributed by atoms with Crippen LogP contribution in [0.25, 0.3) is 10.6 Å². The fraction of sp³-hybridized carbons (Fsp3) is 0.333. The predicted molar refractivity (Wildman–Crippen MR) is 79.9 cm³/mol. The zero-order valence-corrected chi connectivity index (χ0v) is 12.4. The fourth-order valence-corrected chi connectivity index (χ4v) is 2.98. The Morgan fingerprint density at radius 2 is 2.20 bits per heavy atom. The average Bonchev–Trinajstić information content (AvgIpc) is 3.16. The molecule has 1 aliphatic rings. The summed E-state index contributed by atoms with van der Waals surface area (Å²) >= 11 is 7.63. The van der Waals surface area contributed by atoms with E-state index >= 15 is 0 Å². The van der Waals surface area contributed by atoms with Gasteiger partial charge in [-0.3, -0.25) is 4.79 Å². The number of esters is 1. The van der Waals surface area contributed by atoms with Crippen LogP contribution < -0.4 is 0 Å². The van der Waals surface area contributed by atoms with Crippen molar-refractivity contribution in [3.8, 4) is 10.6 Å². The third-order valence-electron chi connectivity index (χ3n) is 3.16. The van der Waals surface area contributed by atoms with E-state index in [1.165, 1.54) is 24.2 Å². The summed E-state index contributed by atoms with van der Waals surface area (Å²) in [6.45, 7) is 0.556. The number of hydrogen-bond acceptors (Lipinski definition) is 4. The zero-order chi connectivity index (χ0) is 13.9. The molecule has 1 heterocycles. The minimum Gasteiger partial charge on any atom is -0.465 e. The van der Waals surface area contributed by atoms with E-state index in [4.69, 9.17) is 16.3 Å². The molecule has 20 heavy (non-hydrogen) atoms. The van der Waals surface area contributed by atoms with Crippen LogP contribution in [0.3, 0.4) is 0 Å². The van der Waals surface area contributed by atoms with Crippen molar-refractivity contribution in [3.05, 3.63) is 40.4 Å². The summed E-state index contributed by atoms with van der Waals surface area (Å²) in [5.41, 5.74) is 1.64. The van der Waals surface area contributed by atoms with Crippen molar-refractivity contribution in [2.24, 2.45) is 5.92 Å². The Kier molecular flexibility index (Phi) is 4.03. The second kappa shape index (κ2) is 5.94. The number of thiazole rings is 1. The molecule has 0 bridgehead atoms. The Morgan fingerprint density at radius 3 is 2.95 bits per heavy atom. The molecule has 0 spiro atoms. The highest BCUT2D eigenvalue weighted by Gasteiger charge is 2.23. The van der Waals surface area contributed by atoms with E-state index in [0.29, 0.717) is 17.5 Å².